The van der Waals surface area contributed by atoms with Crippen LogP contribution in [0.15, 0.2) is 0 Å². The second kappa shape index (κ2) is 2.75. The van der Waals surface area contributed by atoms with E-state index in [2.05, 4.69) is 32.6 Å². The lowest BCUT2D eigenvalue weighted by molar-refractivity contribution is -0.169. The van der Waals surface area contributed by atoms with Crippen LogP contribution in [0.4, 0.5) is 0 Å². The maximum absolute atomic E-state index is 5.23. The van der Waals surface area contributed by atoms with Crippen LogP contribution in [0.5, 0.6) is 0 Å². The molecule has 0 amide bonds. The van der Waals surface area contributed by atoms with E-state index in [0.29, 0.717) is 11.3 Å². The van der Waals surface area contributed by atoms with Crippen molar-refractivity contribution in [1.29, 1.82) is 0 Å². The molecular formula is C12H18O. The highest BCUT2D eigenvalue weighted by molar-refractivity contribution is 5.16. The largest absolute Gasteiger partial charge is 0.380 e. The molecular weight excluding hydrogens is 160 g/mol. The molecule has 2 fully saturated rings. The van der Waals surface area contributed by atoms with Crippen molar-refractivity contribution in [2.45, 2.75) is 33.6 Å². The van der Waals surface area contributed by atoms with Crippen LogP contribution < -0.4 is 0 Å². The van der Waals surface area contributed by atoms with Gasteiger partial charge in [-0.15, -0.1) is 0 Å². The Labute approximate surface area is 80.9 Å². The van der Waals surface area contributed by atoms with E-state index in [-0.39, 0.29) is 5.41 Å². The molecule has 1 aliphatic carbocycles. The van der Waals surface area contributed by atoms with Gasteiger partial charge in [-0.1, -0.05) is 11.8 Å². The highest BCUT2D eigenvalue weighted by Crippen LogP contribution is 2.50. The van der Waals surface area contributed by atoms with Crippen molar-refractivity contribution in [2.75, 3.05) is 13.2 Å². The highest BCUT2D eigenvalue weighted by Gasteiger charge is 2.49. The van der Waals surface area contributed by atoms with Crippen molar-refractivity contribution in [3.8, 4) is 11.8 Å². The van der Waals surface area contributed by atoms with E-state index in [1.165, 1.54) is 12.8 Å². The average molecular weight is 178 g/mol. The van der Waals surface area contributed by atoms with E-state index in [1.807, 2.05) is 0 Å². The van der Waals surface area contributed by atoms with E-state index in [1.54, 1.807) is 0 Å². The molecule has 2 aliphatic rings. The van der Waals surface area contributed by atoms with Gasteiger partial charge in [0, 0.05) is 16.7 Å². The predicted octanol–water partition coefficient (Wildman–Crippen LogP) is 2.46. The van der Waals surface area contributed by atoms with Crippen molar-refractivity contribution >= 4 is 0 Å². The fourth-order valence-corrected chi connectivity index (χ4v) is 2.03. The van der Waals surface area contributed by atoms with Gasteiger partial charge in [-0.3, -0.25) is 0 Å². The maximum Gasteiger partial charge on any atom is 0.0545 e. The molecule has 0 radical (unpaired) electrons. The first-order chi connectivity index (χ1) is 5.99. The van der Waals surface area contributed by atoms with Crippen molar-refractivity contribution < 1.29 is 4.74 Å². The summed E-state index contributed by atoms with van der Waals surface area (Å²) >= 11 is 0. The quantitative estimate of drug-likeness (QED) is 0.518. The molecule has 1 spiro atoms. The van der Waals surface area contributed by atoms with Gasteiger partial charge in [0.25, 0.3) is 0 Å². The summed E-state index contributed by atoms with van der Waals surface area (Å²) in [5.74, 6) is 7.35. The van der Waals surface area contributed by atoms with Crippen LogP contribution >= 0.6 is 0 Å². The summed E-state index contributed by atoms with van der Waals surface area (Å²) in [7, 11) is 0. The molecule has 1 nitrogen and oxygen atoms in total. The SMILES string of the molecule is CC(C)(C)C#CC1CC2(COC2)C1. The molecule has 1 heteroatoms. The minimum absolute atomic E-state index is 0.166. The zero-order valence-electron chi connectivity index (χ0n) is 8.81. The molecule has 72 valence electrons. The van der Waals surface area contributed by atoms with Gasteiger partial charge in [0.15, 0.2) is 0 Å². The molecule has 0 aromatic heterocycles. The third-order valence-electron chi connectivity index (χ3n) is 2.83. The Hall–Kier alpha value is -0.480. The fourth-order valence-electron chi connectivity index (χ4n) is 2.03. The Balaban J connectivity index is 1.82. The van der Waals surface area contributed by atoms with Crippen LogP contribution in [0.1, 0.15) is 33.6 Å². The second-order valence-electron chi connectivity index (χ2n) is 5.62. The van der Waals surface area contributed by atoms with Gasteiger partial charge in [0.1, 0.15) is 0 Å². The van der Waals surface area contributed by atoms with Crippen LogP contribution in [0.25, 0.3) is 0 Å². The third kappa shape index (κ3) is 1.89. The van der Waals surface area contributed by atoms with Gasteiger partial charge < -0.3 is 4.74 Å². The van der Waals surface area contributed by atoms with Gasteiger partial charge in [0.05, 0.1) is 13.2 Å². The van der Waals surface area contributed by atoms with Crippen LogP contribution in [-0.4, -0.2) is 13.2 Å². The number of hydrogen-bond acceptors (Lipinski definition) is 1. The summed E-state index contributed by atoms with van der Waals surface area (Å²) in [5, 5.41) is 0. The molecule has 13 heavy (non-hydrogen) atoms. The molecule has 1 saturated carbocycles. The third-order valence-corrected chi connectivity index (χ3v) is 2.83. The van der Waals surface area contributed by atoms with Gasteiger partial charge in [-0.05, 0) is 33.6 Å². The standard InChI is InChI=1S/C12H18O/c1-11(2,3)5-4-10-6-12(7-10)8-13-9-12/h10H,6-9H2,1-3H3. The Morgan fingerprint density at radius 3 is 2.23 bits per heavy atom. The second-order valence-corrected chi connectivity index (χ2v) is 5.62. The zero-order valence-corrected chi connectivity index (χ0v) is 8.81. The van der Waals surface area contributed by atoms with Crippen LogP contribution in [-0.2, 0) is 4.74 Å². The summed E-state index contributed by atoms with van der Waals surface area (Å²) < 4.78 is 5.23. The highest BCUT2D eigenvalue weighted by atomic mass is 16.5. The lowest BCUT2D eigenvalue weighted by Gasteiger charge is -2.51. The fraction of sp³-hybridized carbons (Fsp3) is 0.833. The first kappa shape index (κ1) is 9.09. The number of ether oxygens (including phenoxy) is 1. The summed E-state index contributed by atoms with van der Waals surface area (Å²) in [5.41, 5.74) is 0.732. The monoisotopic (exact) mass is 178 g/mol. The van der Waals surface area contributed by atoms with Crippen LogP contribution in [0.3, 0.4) is 0 Å². The molecule has 1 aliphatic heterocycles. The molecule has 1 saturated heterocycles. The average Bonchev–Trinajstić information content (AvgIpc) is 1.77. The molecule has 0 atom stereocenters. The maximum atomic E-state index is 5.23. The van der Waals surface area contributed by atoms with Gasteiger partial charge in [-0.2, -0.15) is 0 Å². The van der Waals surface area contributed by atoms with Crippen molar-refractivity contribution in [3.63, 3.8) is 0 Å². The Morgan fingerprint density at radius 2 is 1.85 bits per heavy atom. The van der Waals surface area contributed by atoms with E-state index in [0.717, 1.165) is 13.2 Å². The Kier molecular flexibility index (Phi) is 1.92. The lowest BCUT2D eigenvalue weighted by Crippen LogP contribution is -2.51. The minimum atomic E-state index is 0.166. The van der Waals surface area contributed by atoms with E-state index in [9.17, 15) is 0 Å². The zero-order chi connectivity index (χ0) is 9.53. The Morgan fingerprint density at radius 1 is 1.23 bits per heavy atom. The van der Waals surface area contributed by atoms with Crippen LogP contribution in [0, 0.1) is 28.6 Å². The number of hydrogen-bond donors (Lipinski definition) is 0. The first-order valence-corrected chi connectivity index (χ1v) is 5.10. The predicted molar refractivity (Wildman–Crippen MR) is 53.2 cm³/mol. The van der Waals surface area contributed by atoms with Gasteiger partial charge in [-0.25, -0.2) is 0 Å². The summed E-state index contributed by atoms with van der Waals surface area (Å²) in [4.78, 5) is 0. The topological polar surface area (TPSA) is 9.23 Å². The number of rotatable bonds is 0. The minimum Gasteiger partial charge on any atom is -0.380 e. The summed E-state index contributed by atoms with van der Waals surface area (Å²) in [6, 6.07) is 0. The van der Waals surface area contributed by atoms with Crippen LogP contribution in [0.2, 0.25) is 0 Å². The van der Waals surface area contributed by atoms with Gasteiger partial charge in [0.2, 0.25) is 0 Å². The molecule has 1 heterocycles. The Bertz CT molecular complexity index is 249. The molecule has 0 N–H and O–H groups in total. The van der Waals surface area contributed by atoms with E-state index < -0.39 is 0 Å². The van der Waals surface area contributed by atoms with E-state index in [4.69, 9.17) is 4.74 Å². The van der Waals surface area contributed by atoms with Crippen molar-refractivity contribution in [3.05, 3.63) is 0 Å². The molecule has 0 bridgehead atoms. The molecule has 0 aromatic rings. The molecule has 2 rings (SSSR count). The van der Waals surface area contributed by atoms with Crippen molar-refractivity contribution in [2.24, 2.45) is 16.7 Å². The normalized spacial score (nSPS) is 25.8. The summed E-state index contributed by atoms with van der Waals surface area (Å²) in [6.07, 6.45) is 2.55. The smallest absolute Gasteiger partial charge is 0.0545 e. The molecule has 0 aromatic carbocycles. The summed E-state index contributed by atoms with van der Waals surface area (Å²) in [6.45, 7) is 8.48. The van der Waals surface area contributed by atoms with E-state index >= 15 is 0 Å². The molecule has 0 unspecified atom stereocenters. The van der Waals surface area contributed by atoms with Gasteiger partial charge >= 0.3 is 0 Å². The first-order valence-electron chi connectivity index (χ1n) is 5.10. The van der Waals surface area contributed by atoms with Crippen molar-refractivity contribution in [1.82, 2.24) is 0 Å². The lowest BCUT2D eigenvalue weighted by atomic mass is 9.61.